The molecule has 0 saturated carbocycles. The molecule has 0 heterocycles. The summed E-state index contributed by atoms with van der Waals surface area (Å²) >= 11 is 0. The Bertz CT molecular complexity index is 391. The minimum Gasteiger partial charge on any atom is -0.366 e. The average molecular weight is 221 g/mol. The van der Waals surface area contributed by atoms with Crippen molar-refractivity contribution >= 4 is 12.3 Å². The highest BCUT2D eigenvalue weighted by molar-refractivity contribution is 5.93. The lowest BCUT2D eigenvalue weighted by Gasteiger charge is -2.07. The summed E-state index contributed by atoms with van der Waals surface area (Å²) in [5.74, 6) is -0.467. The maximum atomic E-state index is 11.1. The molecule has 0 spiro atoms. The normalized spacial score (nSPS) is 9.81. The number of benzene rings is 1. The smallest absolute Gasteiger partial charge is 0.248 e. The van der Waals surface area contributed by atoms with E-state index < -0.39 is 5.91 Å². The van der Waals surface area contributed by atoms with E-state index in [0.29, 0.717) is 25.1 Å². The topological polar surface area (TPSA) is 84.2 Å². The van der Waals surface area contributed by atoms with Gasteiger partial charge in [0.25, 0.3) is 0 Å². The van der Waals surface area contributed by atoms with Gasteiger partial charge in [-0.05, 0) is 30.3 Å². The lowest BCUT2D eigenvalue weighted by Crippen LogP contribution is -2.16. The summed E-state index contributed by atoms with van der Waals surface area (Å²) in [6.45, 7) is 1.04. The number of nitrogens with one attached hydrogen (secondary N) is 2. The van der Waals surface area contributed by atoms with Crippen LogP contribution in [-0.2, 0) is 17.9 Å². The molecule has 0 aliphatic carbocycles. The van der Waals surface area contributed by atoms with Crippen LogP contribution in [0.25, 0.3) is 0 Å². The van der Waals surface area contributed by atoms with E-state index in [1.165, 1.54) is 0 Å². The minimum absolute atomic E-state index is 0.390. The molecular formula is C11H15N3O2. The molecule has 0 aromatic heterocycles. The second kappa shape index (κ2) is 5.87. The van der Waals surface area contributed by atoms with Gasteiger partial charge in [0.2, 0.25) is 12.3 Å². The molecular weight excluding hydrogens is 206 g/mol. The summed E-state index contributed by atoms with van der Waals surface area (Å²) in [5.41, 5.74) is 7.50. The van der Waals surface area contributed by atoms with Crippen LogP contribution >= 0.6 is 0 Å². The Kier molecular flexibility index (Phi) is 4.47. The molecule has 1 aromatic carbocycles. The number of carbonyl (C=O) groups is 2. The van der Waals surface area contributed by atoms with E-state index >= 15 is 0 Å². The molecule has 0 radical (unpaired) electrons. The van der Waals surface area contributed by atoms with Gasteiger partial charge in [-0.2, -0.15) is 0 Å². The van der Waals surface area contributed by atoms with Crippen molar-refractivity contribution in [2.75, 3.05) is 7.05 Å². The third-order valence-corrected chi connectivity index (χ3v) is 2.11. The van der Waals surface area contributed by atoms with Gasteiger partial charge in [-0.1, -0.05) is 6.07 Å². The van der Waals surface area contributed by atoms with Crippen molar-refractivity contribution in [3.63, 3.8) is 0 Å². The van der Waals surface area contributed by atoms with Gasteiger partial charge in [-0.25, -0.2) is 0 Å². The van der Waals surface area contributed by atoms with Gasteiger partial charge in [0.1, 0.15) is 0 Å². The summed E-state index contributed by atoms with van der Waals surface area (Å²) in [4.78, 5) is 21.3. The molecule has 2 amide bonds. The molecule has 0 aliphatic heterocycles. The predicted octanol–water partition coefficient (Wildman–Crippen LogP) is -0.249. The van der Waals surface area contributed by atoms with E-state index in [-0.39, 0.29) is 0 Å². The lowest BCUT2D eigenvalue weighted by atomic mass is 10.0. The number of hydrogen-bond acceptors (Lipinski definition) is 3. The standard InChI is InChI=1S/C11H15N3O2/c1-13-5-8-2-9(6-14-7-15)4-10(3-8)11(12)16/h2-4,7,13H,5-6H2,1H3,(H2,12,16)(H,14,15). The fraction of sp³-hybridized carbons (Fsp3) is 0.273. The zero-order valence-electron chi connectivity index (χ0n) is 9.12. The van der Waals surface area contributed by atoms with Crippen molar-refractivity contribution < 1.29 is 9.59 Å². The zero-order valence-corrected chi connectivity index (χ0v) is 9.12. The first-order valence-corrected chi connectivity index (χ1v) is 4.91. The molecule has 0 fully saturated rings. The van der Waals surface area contributed by atoms with Gasteiger partial charge < -0.3 is 16.4 Å². The number of nitrogens with two attached hydrogens (primary N) is 1. The third kappa shape index (κ3) is 3.36. The number of primary amides is 1. The Labute approximate surface area is 94.0 Å². The molecule has 0 aliphatic rings. The van der Waals surface area contributed by atoms with Crippen molar-refractivity contribution in [2.24, 2.45) is 5.73 Å². The first-order chi connectivity index (χ1) is 7.67. The Morgan fingerprint density at radius 3 is 2.44 bits per heavy atom. The number of rotatable bonds is 6. The maximum absolute atomic E-state index is 11.1. The third-order valence-electron chi connectivity index (χ3n) is 2.11. The highest BCUT2D eigenvalue weighted by atomic mass is 16.1. The van der Waals surface area contributed by atoms with Gasteiger partial charge in [0.15, 0.2) is 0 Å². The first kappa shape index (κ1) is 12.2. The van der Waals surface area contributed by atoms with Crippen molar-refractivity contribution in [1.82, 2.24) is 10.6 Å². The summed E-state index contributed by atoms with van der Waals surface area (Å²) in [6, 6.07) is 5.33. The summed E-state index contributed by atoms with van der Waals surface area (Å²) in [7, 11) is 1.82. The van der Waals surface area contributed by atoms with E-state index in [1.807, 2.05) is 13.1 Å². The van der Waals surface area contributed by atoms with Crippen LogP contribution in [0.2, 0.25) is 0 Å². The van der Waals surface area contributed by atoms with Crippen molar-refractivity contribution in [3.8, 4) is 0 Å². The molecule has 1 rings (SSSR count). The predicted molar refractivity (Wildman–Crippen MR) is 60.6 cm³/mol. The van der Waals surface area contributed by atoms with Crippen LogP contribution in [0, 0.1) is 0 Å². The fourth-order valence-corrected chi connectivity index (χ4v) is 1.47. The van der Waals surface area contributed by atoms with Gasteiger partial charge in [0, 0.05) is 18.7 Å². The minimum atomic E-state index is -0.467. The van der Waals surface area contributed by atoms with E-state index in [2.05, 4.69) is 10.6 Å². The van der Waals surface area contributed by atoms with Crippen LogP contribution in [0.4, 0.5) is 0 Å². The molecule has 0 unspecified atom stereocenters. The molecule has 1 aromatic rings. The highest BCUT2D eigenvalue weighted by Crippen LogP contribution is 2.10. The van der Waals surface area contributed by atoms with Crippen LogP contribution < -0.4 is 16.4 Å². The Morgan fingerprint density at radius 1 is 1.31 bits per heavy atom. The number of hydrogen-bond donors (Lipinski definition) is 3. The molecule has 5 heteroatoms. The van der Waals surface area contributed by atoms with E-state index in [0.717, 1.165) is 11.1 Å². The van der Waals surface area contributed by atoms with Crippen molar-refractivity contribution in [2.45, 2.75) is 13.1 Å². The van der Waals surface area contributed by atoms with Crippen molar-refractivity contribution in [1.29, 1.82) is 0 Å². The summed E-state index contributed by atoms with van der Waals surface area (Å²) < 4.78 is 0. The van der Waals surface area contributed by atoms with Crippen molar-refractivity contribution in [3.05, 3.63) is 34.9 Å². The van der Waals surface area contributed by atoms with Gasteiger partial charge in [-0.15, -0.1) is 0 Å². The second-order valence-corrected chi connectivity index (χ2v) is 3.43. The van der Waals surface area contributed by atoms with E-state index in [1.54, 1.807) is 12.1 Å². The molecule has 5 nitrogen and oxygen atoms in total. The quantitative estimate of drug-likeness (QED) is 0.579. The Morgan fingerprint density at radius 2 is 1.94 bits per heavy atom. The van der Waals surface area contributed by atoms with E-state index in [9.17, 15) is 9.59 Å². The fourth-order valence-electron chi connectivity index (χ4n) is 1.47. The molecule has 4 N–H and O–H groups in total. The molecule has 0 atom stereocenters. The molecule has 86 valence electrons. The Hall–Kier alpha value is -1.88. The summed E-state index contributed by atoms with van der Waals surface area (Å²) in [6.07, 6.45) is 0.620. The van der Waals surface area contributed by atoms with Crippen LogP contribution in [0.5, 0.6) is 0 Å². The molecule has 16 heavy (non-hydrogen) atoms. The van der Waals surface area contributed by atoms with Crippen LogP contribution in [0.3, 0.4) is 0 Å². The zero-order chi connectivity index (χ0) is 12.0. The number of amides is 2. The Balaban J connectivity index is 2.97. The van der Waals surface area contributed by atoms with Gasteiger partial charge >= 0.3 is 0 Å². The van der Waals surface area contributed by atoms with Gasteiger partial charge in [-0.3, -0.25) is 9.59 Å². The van der Waals surface area contributed by atoms with E-state index in [4.69, 9.17) is 5.73 Å². The molecule has 0 bridgehead atoms. The lowest BCUT2D eigenvalue weighted by molar-refractivity contribution is -0.109. The van der Waals surface area contributed by atoms with Crippen LogP contribution in [0.15, 0.2) is 18.2 Å². The van der Waals surface area contributed by atoms with Gasteiger partial charge in [0.05, 0.1) is 0 Å². The monoisotopic (exact) mass is 221 g/mol. The maximum Gasteiger partial charge on any atom is 0.248 e. The van der Waals surface area contributed by atoms with Crippen LogP contribution in [-0.4, -0.2) is 19.4 Å². The second-order valence-electron chi connectivity index (χ2n) is 3.43. The molecule has 0 saturated heterocycles. The highest BCUT2D eigenvalue weighted by Gasteiger charge is 2.05. The first-order valence-electron chi connectivity index (χ1n) is 4.91. The largest absolute Gasteiger partial charge is 0.366 e. The summed E-state index contributed by atoms with van der Waals surface area (Å²) in [5, 5.41) is 5.54. The van der Waals surface area contributed by atoms with Crippen LogP contribution in [0.1, 0.15) is 21.5 Å². The average Bonchev–Trinajstić information content (AvgIpc) is 2.26. The number of carbonyl (C=O) groups excluding carboxylic acids is 2. The SMILES string of the molecule is CNCc1cc(CNC=O)cc(C(N)=O)c1.